The van der Waals surface area contributed by atoms with Crippen molar-refractivity contribution in [1.29, 1.82) is 0 Å². The summed E-state index contributed by atoms with van der Waals surface area (Å²) >= 11 is 4.89. The van der Waals surface area contributed by atoms with Gasteiger partial charge in [-0.3, -0.25) is 4.79 Å². The molecule has 1 aromatic rings. The van der Waals surface area contributed by atoms with Crippen LogP contribution in [0.15, 0.2) is 15.9 Å². The Hall–Kier alpha value is -0.350. The first-order chi connectivity index (χ1) is 6.98. The van der Waals surface area contributed by atoms with E-state index in [0.717, 1.165) is 28.2 Å². The van der Waals surface area contributed by atoms with Crippen LogP contribution in [-0.4, -0.2) is 23.9 Å². The number of hydrogen-bond donors (Lipinski definition) is 0. The molecule has 1 fully saturated rings. The molecule has 1 saturated heterocycles. The van der Waals surface area contributed by atoms with E-state index >= 15 is 0 Å². The van der Waals surface area contributed by atoms with Gasteiger partial charge in [-0.25, -0.2) is 0 Å². The molecule has 1 aromatic heterocycles. The topological polar surface area (TPSA) is 20.3 Å². The van der Waals surface area contributed by atoms with Crippen molar-refractivity contribution in [3.63, 3.8) is 0 Å². The molecule has 2 heterocycles. The van der Waals surface area contributed by atoms with Crippen molar-refractivity contribution >= 4 is 33.2 Å². The molecule has 0 aromatic carbocycles. The van der Waals surface area contributed by atoms with Crippen LogP contribution in [0.4, 0.5) is 0 Å². The van der Waals surface area contributed by atoms with Gasteiger partial charge in [0, 0.05) is 13.1 Å². The highest BCUT2D eigenvalue weighted by Crippen LogP contribution is 2.31. The van der Waals surface area contributed by atoms with Crippen molar-refractivity contribution in [2.45, 2.75) is 20.3 Å². The summed E-state index contributed by atoms with van der Waals surface area (Å²) in [6.07, 6.45) is 1.10. The summed E-state index contributed by atoms with van der Waals surface area (Å²) in [5, 5.41) is 0. The van der Waals surface area contributed by atoms with Crippen LogP contribution >= 0.6 is 27.3 Å². The lowest BCUT2D eigenvalue weighted by Crippen LogP contribution is -2.29. The van der Waals surface area contributed by atoms with Crippen LogP contribution in [0.2, 0.25) is 0 Å². The van der Waals surface area contributed by atoms with Gasteiger partial charge in [0.25, 0.3) is 5.91 Å². The Kier molecular flexibility index (Phi) is 2.90. The van der Waals surface area contributed by atoms with Crippen molar-refractivity contribution in [3.8, 4) is 0 Å². The lowest BCUT2D eigenvalue weighted by Gasteiger charge is -2.19. The standard InChI is InChI=1S/C11H14BrNOS/c1-11(2)5-6-13(7-11)10(14)8-3-4-9(12)15-8/h3-4H,5-7H2,1-2H3. The Labute approximate surface area is 102 Å². The van der Waals surface area contributed by atoms with E-state index in [2.05, 4.69) is 29.8 Å². The molecule has 2 rings (SSSR count). The monoisotopic (exact) mass is 287 g/mol. The van der Waals surface area contributed by atoms with Gasteiger partial charge in [0.2, 0.25) is 0 Å². The maximum absolute atomic E-state index is 12.1. The second-order valence-electron chi connectivity index (χ2n) is 4.74. The van der Waals surface area contributed by atoms with E-state index in [1.54, 1.807) is 0 Å². The maximum atomic E-state index is 12.1. The largest absolute Gasteiger partial charge is 0.337 e. The van der Waals surface area contributed by atoms with E-state index in [1.807, 2.05) is 17.0 Å². The number of carbonyl (C=O) groups excluding carboxylic acids is 1. The molecule has 1 amide bonds. The quantitative estimate of drug-likeness (QED) is 0.775. The average Bonchev–Trinajstić information content (AvgIpc) is 2.71. The SMILES string of the molecule is CC1(C)CCN(C(=O)c2ccc(Br)s2)C1. The normalized spacial score (nSPS) is 19.5. The molecule has 0 N–H and O–H groups in total. The number of halogens is 1. The highest BCUT2D eigenvalue weighted by atomic mass is 79.9. The molecule has 1 aliphatic heterocycles. The zero-order valence-corrected chi connectivity index (χ0v) is 11.3. The number of amides is 1. The summed E-state index contributed by atoms with van der Waals surface area (Å²) in [6.45, 7) is 6.19. The van der Waals surface area contributed by atoms with Gasteiger partial charge >= 0.3 is 0 Å². The summed E-state index contributed by atoms with van der Waals surface area (Å²) in [4.78, 5) is 14.9. The third-order valence-corrected chi connectivity index (χ3v) is 4.36. The van der Waals surface area contributed by atoms with Crippen molar-refractivity contribution < 1.29 is 4.79 Å². The van der Waals surface area contributed by atoms with Crippen LogP contribution < -0.4 is 0 Å². The van der Waals surface area contributed by atoms with Gasteiger partial charge in [-0.2, -0.15) is 0 Å². The van der Waals surface area contributed by atoms with E-state index < -0.39 is 0 Å². The molecule has 2 nitrogen and oxygen atoms in total. The summed E-state index contributed by atoms with van der Waals surface area (Å²) in [5.74, 6) is 0.177. The highest BCUT2D eigenvalue weighted by molar-refractivity contribution is 9.11. The van der Waals surface area contributed by atoms with Crippen LogP contribution in [0.25, 0.3) is 0 Å². The minimum absolute atomic E-state index is 0.177. The number of hydrogen-bond acceptors (Lipinski definition) is 2. The molecule has 0 unspecified atom stereocenters. The number of nitrogens with zero attached hydrogens (tertiary/aromatic N) is 1. The fourth-order valence-corrected chi connectivity index (χ4v) is 3.22. The van der Waals surface area contributed by atoms with E-state index in [9.17, 15) is 4.79 Å². The first-order valence-electron chi connectivity index (χ1n) is 5.03. The van der Waals surface area contributed by atoms with Crippen molar-refractivity contribution in [2.75, 3.05) is 13.1 Å². The second kappa shape index (κ2) is 3.91. The zero-order chi connectivity index (χ0) is 11.1. The summed E-state index contributed by atoms with van der Waals surface area (Å²) in [5.41, 5.74) is 0.282. The first kappa shape index (κ1) is 11.1. The Bertz CT molecular complexity index is 386. The molecule has 0 radical (unpaired) electrons. The summed E-state index contributed by atoms with van der Waals surface area (Å²) in [7, 11) is 0. The molecule has 0 bridgehead atoms. The number of rotatable bonds is 1. The lowest BCUT2D eigenvalue weighted by molar-refractivity contribution is 0.0783. The van der Waals surface area contributed by atoms with Crippen LogP contribution in [-0.2, 0) is 0 Å². The van der Waals surface area contributed by atoms with E-state index in [1.165, 1.54) is 11.3 Å². The Morgan fingerprint density at radius 3 is 2.73 bits per heavy atom. The fraction of sp³-hybridized carbons (Fsp3) is 0.545. The predicted molar refractivity (Wildman–Crippen MR) is 66.3 cm³/mol. The van der Waals surface area contributed by atoms with E-state index in [4.69, 9.17) is 0 Å². The molecule has 0 atom stereocenters. The minimum Gasteiger partial charge on any atom is -0.337 e. The lowest BCUT2D eigenvalue weighted by atomic mass is 9.93. The molecule has 15 heavy (non-hydrogen) atoms. The second-order valence-corrected chi connectivity index (χ2v) is 7.21. The fourth-order valence-electron chi connectivity index (χ4n) is 1.87. The first-order valence-corrected chi connectivity index (χ1v) is 6.63. The number of likely N-dealkylation sites (tertiary alicyclic amines) is 1. The molecule has 82 valence electrons. The van der Waals surface area contributed by atoms with Gasteiger partial charge in [-0.05, 0) is 39.9 Å². The highest BCUT2D eigenvalue weighted by Gasteiger charge is 2.32. The van der Waals surface area contributed by atoms with Gasteiger partial charge < -0.3 is 4.90 Å². The van der Waals surface area contributed by atoms with Gasteiger partial charge in [0.1, 0.15) is 0 Å². The summed E-state index contributed by atoms with van der Waals surface area (Å²) < 4.78 is 1.02. The average molecular weight is 288 g/mol. The number of carbonyl (C=O) groups is 1. The predicted octanol–water partition coefficient (Wildman–Crippen LogP) is 3.38. The van der Waals surface area contributed by atoms with E-state index in [-0.39, 0.29) is 11.3 Å². The van der Waals surface area contributed by atoms with Crippen LogP contribution in [0.5, 0.6) is 0 Å². The molecule has 1 aliphatic rings. The molecule has 0 spiro atoms. The zero-order valence-electron chi connectivity index (χ0n) is 8.92. The van der Waals surface area contributed by atoms with Crippen LogP contribution in [0, 0.1) is 5.41 Å². The van der Waals surface area contributed by atoms with Crippen molar-refractivity contribution in [3.05, 3.63) is 20.8 Å². The molecule has 4 heteroatoms. The maximum Gasteiger partial charge on any atom is 0.263 e. The van der Waals surface area contributed by atoms with E-state index in [0.29, 0.717) is 0 Å². The van der Waals surface area contributed by atoms with Gasteiger partial charge in [0.15, 0.2) is 0 Å². The molecule has 0 aliphatic carbocycles. The molecule has 0 saturated carbocycles. The Morgan fingerprint density at radius 2 is 2.27 bits per heavy atom. The third-order valence-electron chi connectivity index (χ3n) is 2.75. The third kappa shape index (κ3) is 2.42. The molecular weight excluding hydrogens is 274 g/mol. The van der Waals surface area contributed by atoms with Crippen molar-refractivity contribution in [2.24, 2.45) is 5.41 Å². The minimum atomic E-state index is 0.177. The molecular formula is C11H14BrNOS. The van der Waals surface area contributed by atoms with Crippen LogP contribution in [0.1, 0.15) is 29.9 Å². The Morgan fingerprint density at radius 1 is 1.53 bits per heavy atom. The van der Waals surface area contributed by atoms with Gasteiger partial charge in [-0.1, -0.05) is 13.8 Å². The Balaban J connectivity index is 2.10. The van der Waals surface area contributed by atoms with Crippen molar-refractivity contribution in [1.82, 2.24) is 4.90 Å². The van der Waals surface area contributed by atoms with Crippen LogP contribution in [0.3, 0.4) is 0 Å². The van der Waals surface area contributed by atoms with Gasteiger partial charge in [-0.15, -0.1) is 11.3 Å². The van der Waals surface area contributed by atoms with Gasteiger partial charge in [0.05, 0.1) is 8.66 Å². The summed E-state index contributed by atoms with van der Waals surface area (Å²) in [6, 6.07) is 3.82. The number of thiophene rings is 1. The smallest absolute Gasteiger partial charge is 0.263 e.